The molecule has 0 amide bonds. The zero-order valence-corrected chi connectivity index (χ0v) is 12.9. The molecule has 1 aliphatic carbocycles. The average molecular weight is 299 g/mol. The van der Waals surface area contributed by atoms with Crippen LogP contribution in [0.1, 0.15) is 16.7 Å². The first-order valence-electron chi connectivity index (χ1n) is 7.62. The summed E-state index contributed by atoms with van der Waals surface area (Å²) in [5.41, 5.74) is 14.0. The molecule has 0 atom stereocenters. The molecule has 112 valence electrons. The van der Waals surface area contributed by atoms with Crippen LogP contribution in [0.5, 0.6) is 5.75 Å². The fraction of sp³-hybridized carbons (Fsp3) is 0.0476. The molecule has 0 radical (unpaired) electrons. The van der Waals surface area contributed by atoms with E-state index in [0.29, 0.717) is 0 Å². The van der Waals surface area contributed by atoms with Crippen LogP contribution in [0.15, 0.2) is 66.7 Å². The second kappa shape index (κ2) is 5.33. The van der Waals surface area contributed by atoms with E-state index in [1.54, 1.807) is 7.11 Å². The van der Waals surface area contributed by atoms with Gasteiger partial charge in [-0.05, 0) is 52.1 Å². The van der Waals surface area contributed by atoms with Gasteiger partial charge in [-0.1, -0.05) is 48.5 Å². The normalized spacial score (nSPS) is 13.7. The highest BCUT2D eigenvalue weighted by atomic mass is 16.5. The van der Waals surface area contributed by atoms with Gasteiger partial charge in [0.2, 0.25) is 0 Å². The van der Waals surface area contributed by atoms with Gasteiger partial charge in [0.25, 0.3) is 0 Å². The van der Waals surface area contributed by atoms with Gasteiger partial charge in [-0.25, -0.2) is 0 Å². The summed E-state index contributed by atoms with van der Waals surface area (Å²) in [5, 5.41) is 0. The summed E-state index contributed by atoms with van der Waals surface area (Å²) in [6.07, 6.45) is 2.18. The summed E-state index contributed by atoms with van der Waals surface area (Å²) in [6, 6.07) is 22.6. The van der Waals surface area contributed by atoms with E-state index in [1.807, 2.05) is 24.3 Å². The number of nitrogens with two attached hydrogens (primary N) is 1. The number of methoxy groups -OCH3 is 1. The third-order valence-electron chi connectivity index (χ3n) is 4.28. The maximum absolute atomic E-state index is 6.03. The molecule has 4 rings (SSSR count). The number of ether oxygens (including phenoxy) is 1. The van der Waals surface area contributed by atoms with E-state index in [-0.39, 0.29) is 0 Å². The number of hydrogen-bond donors (Lipinski definition) is 1. The van der Waals surface area contributed by atoms with Crippen LogP contribution in [0.25, 0.3) is 22.8 Å². The Morgan fingerprint density at radius 3 is 2.30 bits per heavy atom. The minimum absolute atomic E-state index is 0.780. The van der Waals surface area contributed by atoms with Crippen molar-refractivity contribution in [2.75, 3.05) is 12.8 Å². The molecule has 0 aliphatic heterocycles. The van der Waals surface area contributed by atoms with Crippen molar-refractivity contribution in [1.82, 2.24) is 0 Å². The molecule has 0 bridgehead atoms. The number of hydrogen-bond acceptors (Lipinski definition) is 2. The number of benzene rings is 3. The van der Waals surface area contributed by atoms with Crippen molar-refractivity contribution >= 4 is 17.3 Å². The van der Waals surface area contributed by atoms with Gasteiger partial charge in [0.05, 0.1) is 7.11 Å². The van der Waals surface area contributed by atoms with Crippen molar-refractivity contribution in [2.45, 2.75) is 0 Å². The van der Waals surface area contributed by atoms with Crippen LogP contribution >= 0.6 is 0 Å². The van der Waals surface area contributed by atoms with E-state index in [0.717, 1.165) is 17.0 Å². The number of fused-ring (bicyclic) bond motifs is 3. The third kappa shape index (κ3) is 2.20. The summed E-state index contributed by atoms with van der Waals surface area (Å²) in [4.78, 5) is 0. The summed E-state index contributed by atoms with van der Waals surface area (Å²) >= 11 is 0. The van der Waals surface area contributed by atoms with Crippen LogP contribution in [0.3, 0.4) is 0 Å². The number of nitrogen functional groups attached to an aromatic ring is 1. The van der Waals surface area contributed by atoms with E-state index in [2.05, 4.69) is 48.5 Å². The molecule has 0 fully saturated rings. The highest BCUT2D eigenvalue weighted by Gasteiger charge is 2.23. The lowest BCUT2D eigenvalue weighted by Gasteiger charge is -2.07. The largest absolute Gasteiger partial charge is 0.496 e. The fourth-order valence-electron chi connectivity index (χ4n) is 3.21. The summed E-state index contributed by atoms with van der Waals surface area (Å²) in [7, 11) is 1.70. The highest BCUT2D eigenvalue weighted by Crippen LogP contribution is 2.46. The third-order valence-corrected chi connectivity index (χ3v) is 4.28. The molecule has 3 aromatic carbocycles. The summed E-state index contributed by atoms with van der Waals surface area (Å²) in [6.45, 7) is 0. The molecule has 0 unspecified atom stereocenters. The molecule has 0 aromatic heterocycles. The fourth-order valence-corrected chi connectivity index (χ4v) is 3.21. The van der Waals surface area contributed by atoms with E-state index < -0.39 is 0 Å². The Morgan fingerprint density at radius 1 is 0.783 bits per heavy atom. The van der Waals surface area contributed by atoms with Crippen LogP contribution in [-0.2, 0) is 0 Å². The second-order valence-electron chi connectivity index (χ2n) is 5.65. The van der Waals surface area contributed by atoms with Crippen molar-refractivity contribution in [2.24, 2.45) is 0 Å². The minimum Gasteiger partial charge on any atom is -0.496 e. The molecular formula is C21H17NO. The van der Waals surface area contributed by atoms with Crippen LogP contribution in [0.4, 0.5) is 5.69 Å². The molecule has 1 aliphatic rings. The molecule has 3 aromatic rings. The van der Waals surface area contributed by atoms with Crippen LogP contribution in [-0.4, -0.2) is 7.11 Å². The lowest BCUT2D eigenvalue weighted by molar-refractivity contribution is 0.414. The average Bonchev–Trinajstić information content (AvgIpc) is 2.89. The molecule has 0 heterocycles. The zero-order chi connectivity index (χ0) is 15.8. The van der Waals surface area contributed by atoms with Gasteiger partial charge in [0, 0.05) is 11.3 Å². The zero-order valence-electron chi connectivity index (χ0n) is 12.9. The predicted molar refractivity (Wildman–Crippen MR) is 96.3 cm³/mol. The Kier molecular flexibility index (Phi) is 3.16. The maximum Gasteiger partial charge on any atom is 0.126 e. The Balaban J connectivity index is 1.98. The molecule has 0 saturated carbocycles. The van der Waals surface area contributed by atoms with Crippen molar-refractivity contribution in [1.29, 1.82) is 0 Å². The van der Waals surface area contributed by atoms with Crippen LogP contribution in [0.2, 0.25) is 0 Å². The monoisotopic (exact) mass is 299 g/mol. The summed E-state index contributed by atoms with van der Waals surface area (Å²) in [5.74, 6) is 0.870. The van der Waals surface area contributed by atoms with Crippen molar-refractivity contribution in [3.63, 3.8) is 0 Å². The smallest absolute Gasteiger partial charge is 0.126 e. The summed E-state index contributed by atoms with van der Waals surface area (Å²) < 4.78 is 5.49. The van der Waals surface area contributed by atoms with Gasteiger partial charge in [0.15, 0.2) is 0 Å². The molecule has 0 spiro atoms. The lowest BCUT2D eigenvalue weighted by atomic mass is 10.0. The number of anilines is 1. The number of para-hydroxylation sites is 1. The van der Waals surface area contributed by atoms with E-state index in [1.165, 1.54) is 27.8 Å². The molecule has 23 heavy (non-hydrogen) atoms. The van der Waals surface area contributed by atoms with Gasteiger partial charge < -0.3 is 10.5 Å². The number of rotatable bonds is 2. The van der Waals surface area contributed by atoms with Gasteiger partial charge in [-0.15, -0.1) is 0 Å². The Bertz CT molecular complexity index is 925. The van der Waals surface area contributed by atoms with Gasteiger partial charge >= 0.3 is 0 Å². The van der Waals surface area contributed by atoms with Gasteiger partial charge in [-0.3, -0.25) is 0 Å². The SMILES string of the molecule is COc1ccccc1/C=C1\c2ccccc2-c2ccc(N)cc21. The maximum atomic E-state index is 6.03. The molecular weight excluding hydrogens is 282 g/mol. The Labute approximate surface area is 135 Å². The van der Waals surface area contributed by atoms with Crippen LogP contribution in [0, 0.1) is 0 Å². The lowest BCUT2D eigenvalue weighted by Crippen LogP contribution is -1.89. The molecule has 0 saturated heterocycles. The van der Waals surface area contributed by atoms with Crippen molar-refractivity contribution in [3.8, 4) is 16.9 Å². The van der Waals surface area contributed by atoms with Gasteiger partial charge in [0.1, 0.15) is 5.75 Å². The van der Waals surface area contributed by atoms with Gasteiger partial charge in [-0.2, -0.15) is 0 Å². The molecule has 2 N–H and O–H groups in total. The second-order valence-corrected chi connectivity index (χ2v) is 5.65. The Hall–Kier alpha value is -3.00. The predicted octanol–water partition coefficient (Wildman–Crippen LogP) is 4.85. The first-order chi connectivity index (χ1) is 11.3. The molecule has 2 heteroatoms. The van der Waals surface area contributed by atoms with Crippen molar-refractivity contribution < 1.29 is 4.74 Å². The standard InChI is InChI=1S/C21H17NO/c1-23-21-9-5-2-6-14(21)12-19-17-8-4-3-7-16(17)18-11-10-15(22)13-20(18)19/h2-13H,22H2,1H3/b19-12+. The highest BCUT2D eigenvalue weighted by molar-refractivity contribution is 6.07. The van der Waals surface area contributed by atoms with E-state index in [4.69, 9.17) is 10.5 Å². The minimum atomic E-state index is 0.780. The molecule has 2 nitrogen and oxygen atoms in total. The van der Waals surface area contributed by atoms with E-state index >= 15 is 0 Å². The first-order valence-corrected chi connectivity index (χ1v) is 7.62. The quantitative estimate of drug-likeness (QED) is 0.537. The first kappa shape index (κ1) is 13.6. The van der Waals surface area contributed by atoms with E-state index in [9.17, 15) is 0 Å². The van der Waals surface area contributed by atoms with Crippen molar-refractivity contribution in [3.05, 3.63) is 83.4 Å². The van der Waals surface area contributed by atoms with Crippen LogP contribution < -0.4 is 10.5 Å². The Morgan fingerprint density at radius 2 is 1.48 bits per heavy atom. The topological polar surface area (TPSA) is 35.2 Å².